The number of carbonyl (C=O) groups is 2. The molecule has 2 heterocycles. The summed E-state index contributed by atoms with van der Waals surface area (Å²) in [7, 11) is 1.31. The molecule has 21 heteroatoms. The van der Waals surface area contributed by atoms with Gasteiger partial charge in [0.2, 0.25) is 14.9 Å². The molecule has 0 fully saturated rings. The Kier molecular flexibility index (Phi) is 17.0. The minimum atomic E-state index is -3.19. The first-order valence-corrected chi connectivity index (χ1v) is 19.8. The molecule has 0 unspecified atom stereocenters. The number of carbonyl (C=O) groups excluding carboxylic acids is 1. The number of hydrogen-bond acceptors (Lipinski definition) is 9. The summed E-state index contributed by atoms with van der Waals surface area (Å²) in [5.41, 5.74) is 7.33. The van der Waals surface area contributed by atoms with Crippen molar-refractivity contribution in [2.75, 3.05) is 17.3 Å². The van der Waals surface area contributed by atoms with Crippen LogP contribution in [0.4, 0.5) is 20.2 Å². The number of hydrogen-bond donors (Lipinski definition) is 3. The van der Waals surface area contributed by atoms with Crippen LogP contribution in [0.3, 0.4) is 0 Å². The second-order valence-corrected chi connectivity index (χ2v) is 16.2. The summed E-state index contributed by atoms with van der Waals surface area (Å²) in [4.78, 5) is 30.3. The van der Waals surface area contributed by atoms with Gasteiger partial charge in [-0.1, -0.05) is 116 Å². The van der Waals surface area contributed by atoms with E-state index in [-0.39, 0.29) is 33.1 Å². The molecule has 0 saturated heterocycles. The lowest BCUT2D eigenvalue weighted by Gasteiger charge is -2.06. The van der Waals surface area contributed by atoms with Gasteiger partial charge >= 0.3 is 5.97 Å². The largest absolute Gasteiger partial charge is 0.475 e. The van der Waals surface area contributed by atoms with Crippen LogP contribution in [0.2, 0.25) is 10.0 Å². The molecule has 54 heavy (non-hydrogen) atoms. The number of rotatable bonds is 7. The number of nitrogens with zero attached hydrogens (tertiary/aromatic N) is 6. The summed E-state index contributed by atoms with van der Waals surface area (Å²) in [5.74, 6) is -3.23. The first-order valence-electron chi connectivity index (χ1n) is 14.7. The van der Waals surface area contributed by atoms with Gasteiger partial charge < -0.3 is 16.2 Å². The minimum absolute atomic E-state index is 0.0341. The Balaban J connectivity index is 0.000000222. The van der Waals surface area contributed by atoms with Crippen molar-refractivity contribution in [2.24, 2.45) is 0 Å². The summed E-state index contributed by atoms with van der Waals surface area (Å²) in [6.07, 6.45) is 3.79. The molecule has 1 amide bonds. The van der Waals surface area contributed by atoms with Gasteiger partial charge in [0, 0.05) is 19.6 Å². The fourth-order valence-electron chi connectivity index (χ4n) is 3.89. The van der Waals surface area contributed by atoms with Gasteiger partial charge in [0.1, 0.15) is 12.7 Å². The Bertz CT molecular complexity index is 2280. The molecular weight excluding hydrogens is 925 g/mol. The number of halogens is 7. The zero-order chi connectivity index (χ0) is 40.0. The summed E-state index contributed by atoms with van der Waals surface area (Å²) in [6.45, 7) is 1.01. The van der Waals surface area contributed by atoms with E-state index >= 15 is 0 Å². The Morgan fingerprint density at radius 2 is 1.22 bits per heavy atom. The second-order valence-electron chi connectivity index (χ2n) is 10.5. The Labute approximate surface area is 338 Å². The maximum atomic E-state index is 13.9. The van der Waals surface area contributed by atoms with Gasteiger partial charge in [-0.25, -0.2) is 41.3 Å². The molecule has 284 valence electrons. The summed E-state index contributed by atoms with van der Waals surface area (Å²) < 4.78 is 49.6. The van der Waals surface area contributed by atoms with Crippen LogP contribution in [-0.4, -0.2) is 61.2 Å². The van der Waals surface area contributed by atoms with E-state index in [0.29, 0.717) is 22.0 Å². The number of carboxylic acids is 1. The SMILES string of the molecule is CS(=O)(=O)Cl.Nc1cc(Br)cc(Cl)c1F.O=C(Nc1cc(Br)cc(Cl)c1F)c1ncn(Cc2ccccc2)n1.O=C(O)c1ncn(Cc2ccccc2)n1. The van der Waals surface area contributed by atoms with Crippen molar-refractivity contribution >= 4 is 98.0 Å². The van der Waals surface area contributed by atoms with Crippen molar-refractivity contribution in [3.8, 4) is 0 Å². The molecule has 4 aromatic carbocycles. The second kappa shape index (κ2) is 20.8. The third-order valence-corrected chi connectivity index (χ3v) is 7.57. The highest BCUT2D eigenvalue weighted by Crippen LogP contribution is 2.28. The van der Waals surface area contributed by atoms with Gasteiger partial charge in [0.15, 0.2) is 11.6 Å². The minimum Gasteiger partial charge on any atom is -0.475 e. The molecule has 4 N–H and O–H groups in total. The molecule has 0 aliphatic carbocycles. The molecule has 0 bridgehead atoms. The molecule has 13 nitrogen and oxygen atoms in total. The zero-order valence-corrected chi connectivity index (χ0v) is 33.8. The van der Waals surface area contributed by atoms with Crippen molar-refractivity contribution in [1.29, 1.82) is 0 Å². The van der Waals surface area contributed by atoms with Crippen LogP contribution in [0, 0.1) is 11.6 Å². The zero-order valence-electron chi connectivity index (χ0n) is 27.5. The highest BCUT2D eigenvalue weighted by molar-refractivity contribution is 9.10. The van der Waals surface area contributed by atoms with E-state index in [0.717, 1.165) is 17.4 Å². The number of amides is 1. The van der Waals surface area contributed by atoms with Gasteiger partial charge in [-0.15, -0.1) is 10.2 Å². The maximum Gasteiger partial charge on any atom is 0.375 e. The molecule has 0 atom stereocenters. The van der Waals surface area contributed by atoms with Crippen molar-refractivity contribution in [2.45, 2.75) is 13.1 Å². The van der Waals surface area contributed by atoms with Crippen LogP contribution in [-0.2, 0) is 22.1 Å². The van der Waals surface area contributed by atoms with E-state index in [9.17, 15) is 26.8 Å². The van der Waals surface area contributed by atoms with Crippen LogP contribution in [0.25, 0.3) is 0 Å². The van der Waals surface area contributed by atoms with Crippen molar-refractivity contribution in [1.82, 2.24) is 29.5 Å². The molecule has 6 aromatic rings. The molecule has 0 spiro atoms. The molecule has 0 aliphatic rings. The predicted octanol–water partition coefficient (Wildman–Crippen LogP) is 8.17. The number of anilines is 2. The van der Waals surface area contributed by atoms with Crippen LogP contribution < -0.4 is 11.1 Å². The predicted molar refractivity (Wildman–Crippen MR) is 209 cm³/mol. The number of benzene rings is 4. The first-order chi connectivity index (χ1) is 25.4. The van der Waals surface area contributed by atoms with Crippen LogP contribution in [0.5, 0.6) is 0 Å². The standard InChI is InChI=1S/C16H11BrClFN4O.C10H9N3O2.C6H4BrClFN.CH3ClO2S/c17-11-6-12(18)14(19)13(7-11)21-16(24)15-20-9-23(22-15)8-10-4-2-1-3-5-10;14-10(15)9-11-7-13(12-9)6-8-4-2-1-3-5-8;7-3-1-4(8)6(9)5(10)2-3;1-5(2,3)4/h1-7,9H,8H2,(H,21,24);1-5,7H,6H2,(H,14,15);1-2H,10H2;1H3. The number of carboxylic acid groups (broad SMARTS) is 1. The van der Waals surface area contributed by atoms with E-state index < -0.39 is 32.6 Å². The Morgan fingerprint density at radius 1 is 0.796 bits per heavy atom. The number of nitrogens with one attached hydrogen (secondary N) is 1. The average Bonchev–Trinajstić information content (AvgIpc) is 3.77. The van der Waals surface area contributed by atoms with Crippen LogP contribution in [0.1, 0.15) is 32.4 Å². The van der Waals surface area contributed by atoms with Crippen molar-refractivity contribution in [3.05, 3.63) is 151 Å². The van der Waals surface area contributed by atoms with Gasteiger partial charge in [-0.2, -0.15) is 0 Å². The summed E-state index contributed by atoms with van der Waals surface area (Å²) >= 11 is 17.5. The monoisotopic (exact) mass is 948 g/mol. The molecule has 0 saturated carbocycles. The van der Waals surface area contributed by atoms with E-state index in [1.54, 1.807) is 0 Å². The first kappa shape index (κ1) is 43.9. The van der Waals surface area contributed by atoms with E-state index in [2.05, 4.69) is 68.0 Å². The topological polar surface area (TPSA) is 188 Å². The van der Waals surface area contributed by atoms with Crippen molar-refractivity contribution < 1.29 is 31.9 Å². The summed E-state index contributed by atoms with van der Waals surface area (Å²) in [6, 6.07) is 25.0. The van der Waals surface area contributed by atoms with E-state index in [1.165, 1.54) is 46.3 Å². The molecule has 0 aliphatic heterocycles. The van der Waals surface area contributed by atoms with Crippen LogP contribution >= 0.6 is 65.7 Å². The smallest absolute Gasteiger partial charge is 0.375 e. The molecular formula is C33H27Br2Cl3F2N8O5S. The number of aromatic carboxylic acids is 1. The maximum absolute atomic E-state index is 13.9. The fraction of sp³-hybridized carbons (Fsp3) is 0.0909. The lowest BCUT2D eigenvalue weighted by Crippen LogP contribution is -2.15. The van der Waals surface area contributed by atoms with Gasteiger partial charge in [0.25, 0.3) is 11.7 Å². The highest BCUT2D eigenvalue weighted by atomic mass is 79.9. The van der Waals surface area contributed by atoms with Gasteiger partial charge in [-0.3, -0.25) is 4.79 Å². The lowest BCUT2D eigenvalue weighted by molar-refractivity contribution is 0.0683. The Morgan fingerprint density at radius 3 is 1.67 bits per heavy atom. The Hall–Kier alpha value is -4.46. The van der Waals surface area contributed by atoms with Crippen molar-refractivity contribution in [3.63, 3.8) is 0 Å². The normalized spacial score (nSPS) is 10.4. The highest BCUT2D eigenvalue weighted by Gasteiger charge is 2.16. The molecule has 0 radical (unpaired) electrons. The summed E-state index contributed by atoms with van der Waals surface area (Å²) in [5, 5.41) is 18.9. The molecule has 2 aromatic heterocycles. The quantitative estimate of drug-likeness (QED) is 0.0801. The average molecular weight is 952 g/mol. The number of aromatic nitrogens is 6. The van der Waals surface area contributed by atoms with E-state index in [4.69, 9.17) is 34.0 Å². The molecule has 6 rings (SSSR count). The number of nitrogens with two attached hydrogens (primary N) is 1. The van der Waals surface area contributed by atoms with Gasteiger partial charge in [-0.05, 0) is 35.4 Å². The third kappa shape index (κ3) is 15.5. The van der Waals surface area contributed by atoms with Crippen LogP contribution in [0.15, 0.2) is 107 Å². The number of nitrogen functional groups attached to an aromatic ring is 1. The van der Waals surface area contributed by atoms with Gasteiger partial charge in [0.05, 0.1) is 40.8 Å². The third-order valence-electron chi connectivity index (χ3n) is 6.10. The fourth-order valence-corrected chi connectivity index (χ4v) is 5.53. The van der Waals surface area contributed by atoms with E-state index in [1.807, 2.05) is 60.7 Å². The lowest BCUT2D eigenvalue weighted by atomic mass is 10.2.